The molecule has 1 N–H and O–H groups in total. The van der Waals surface area contributed by atoms with Crippen molar-refractivity contribution < 1.29 is 14.3 Å². The molecule has 0 saturated heterocycles. The molecule has 0 saturated carbocycles. The van der Waals surface area contributed by atoms with E-state index in [1.165, 1.54) is 0 Å². The van der Waals surface area contributed by atoms with E-state index in [1.807, 2.05) is 76.3 Å². The van der Waals surface area contributed by atoms with Gasteiger partial charge in [0.25, 0.3) is 5.91 Å². The Labute approximate surface area is 255 Å². The van der Waals surface area contributed by atoms with Crippen LogP contribution in [0.25, 0.3) is 0 Å². The van der Waals surface area contributed by atoms with E-state index in [2.05, 4.69) is 28.7 Å². The van der Waals surface area contributed by atoms with Gasteiger partial charge in [0.05, 0.1) is 23.9 Å². The molecule has 0 aromatic heterocycles. The first kappa shape index (κ1) is 34.2. The molecule has 2 rings (SSSR count). The Morgan fingerprint density at radius 2 is 1.86 bits per heavy atom. The molecule has 7 nitrogen and oxygen atoms in total. The van der Waals surface area contributed by atoms with Gasteiger partial charge in [0.1, 0.15) is 5.75 Å². The van der Waals surface area contributed by atoms with Crippen LogP contribution in [0.15, 0.2) is 88.9 Å². The Bertz CT molecular complexity index is 1280. The molecule has 2 amide bonds. The number of rotatable bonds is 17. The summed E-state index contributed by atoms with van der Waals surface area (Å²) in [6, 6.07) is 12.5. The zero-order chi connectivity index (χ0) is 31.0. The first-order valence-electron chi connectivity index (χ1n) is 14.0. The molecule has 0 radical (unpaired) electrons. The molecule has 8 heteroatoms. The fourth-order valence-electron chi connectivity index (χ4n) is 4.06. The molecule has 2 aromatic rings. The molecule has 0 heterocycles. The topological polar surface area (TPSA) is 83.4 Å². The minimum atomic E-state index is -0.390. The normalized spacial score (nSPS) is 12.5. The van der Waals surface area contributed by atoms with E-state index in [4.69, 9.17) is 16.3 Å². The molecule has 0 spiro atoms. The van der Waals surface area contributed by atoms with Crippen LogP contribution in [-0.4, -0.2) is 56.4 Å². The van der Waals surface area contributed by atoms with Crippen LogP contribution in [0.3, 0.4) is 0 Å². The summed E-state index contributed by atoms with van der Waals surface area (Å²) in [5, 5.41) is 3.51. The first-order valence-corrected chi connectivity index (χ1v) is 14.4. The Morgan fingerprint density at radius 3 is 2.50 bits per heavy atom. The van der Waals surface area contributed by atoms with Crippen LogP contribution in [0.1, 0.15) is 50.0 Å². The van der Waals surface area contributed by atoms with Crippen molar-refractivity contribution in [3.8, 4) is 5.75 Å². The van der Waals surface area contributed by atoms with Crippen molar-refractivity contribution >= 4 is 42.5 Å². The molecule has 0 fully saturated rings. The second-order valence-corrected chi connectivity index (χ2v) is 11.2. The van der Waals surface area contributed by atoms with E-state index in [0.29, 0.717) is 61.2 Å². The van der Waals surface area contributed by atoms with Gasteiger partial charge in [-0.25, -0.2) is 0 Å². The van der Waals surface area contributed by atoms with Gasteiger partial charge >= 0.3 is 0 Å². The number of halogens is 1. The molecule has 42 heavy (non-hydrogen) atoms. The molecule has 0 aliphatic heterocycles. The average Bonchev–Trinajstić information content (AvgIpc) is 2.97. The van der Waals surface area contributed by atoms with Crippen LogP contribution in [-0.2, 0) is 11.3 Å². The number of allylic oxidation sites excluding steroid dienone is 5. The summed E-state index contributed by atoms with van der Waals surface area (Å²) in [7, 11) is 0. The maximum atomic E-state index is 13.3. The molecular weight excluding hydrogens is 548 g/mol. The third-order valence-electron chi connectivity index (χ3n) is 6.35. The first-order chi connectivity index (χ1) is 20.1. The maximum Gasteiger partial charge on any atom is 0.251 e. The minimum absolute atomic E-state index is 0.0903. The van der Waals surface area contributed by atoms with E-state index in [1.54, 1.807) is 35.2 Å². The lowest BCUT2D eigenvalue weighted by Crippen LogP contribution is -2.44. The number of hydrogen-bond acceptors (Lipinski definition) is 5. The Morgan fingerprint density at radius 1 is 1.12 bits per heavy atom. The van der Waals surface area contributed by atoms with Crippen LogP contribution < -0.4 is 10.1 Å². The highest BCUT2D eigenvalue weighted by Gasteiger charge is 2.25. The van der Waals surface area contributed by atoms with Crippen molar-refractivity contribution in [1.29, 1.82) is 0 Å². The lowest BCUT2D eigenvalue weighted by Gasteiger charge is -2.32. The quantitative estimate of drug-likeness (QED) is 0.0911. The second kappa shape index (κ2) is 17.8. The number of aliphatic imine (C=N–C) groups is 2. The van der Waals surface area contributed by atoms with Gasteiger partial charge in [0.15, 0.2) is 0 Å². The van der Waals surface area contributed by atoms with Crippen molar-refractivity contribution in [2.24, 2.45) is 21.3 Å². The Hall–Kier alpha value is -3.97. The zero-order valence-corrected chi connectivity index (χ0v) is 25.9. The highest BCUT2D eigenvalue weighted by atomic mass is 35.5. The summed E-state index contributed by atoms with van der Waals surface area (Å²) in [4.78, 5) is 35.6. The van der Waals surface area contributed by atoms with Gasteiger partial charge in [-0.3, -0.25) is 19.6 Å². The molecule has 0 aliphatic carbocycles. The lowest BCUT2D eigenvalue weighted by atomic mass is 9.92. The zero-order valence-electron chi connectivity index (χ0n) is 25.2. The van der Waals surface area contributed by atoms with Gasteiger partial charge in [-0.15, -0.1) is 0 Å². The smallest absolute Gasteiger partial charge is 0.251 e. The van der Waals surface area contributed by atoms with Crippen molar-refractivity contribution in [2.45, 2.75) is 40.7 Å². The molecule has 1 atom stereocenters. The van der Waals surface area contributed by atoms with E-state index in [9.17, 15) is 9.59 Å². The molecule has 224 valence electrons. The number of nitrogens with zero attached hydrogens (tertiary/aromatic N) is 3. The summed E-state index contributed by atoms with van der Waals surface area (Å²) < 4.78 is 5.91. The second-order valence-electron chi connectivity index (χ2n) is 10.8. The molecule has 2 aromatic carbocycles. The van der Waals surface area contributed by atoms with Crippen molar-refractivity contribution in [1.82, 2.24) is 10.2 Å². The Balaban J connectivity index is 2.05. The van der Waals surface area contributed by atoms with E-state index < -0.39 is 5.41 Å². The summed E-state index contributed by atoms with van der Waals surface area (Å²) in [6.45, 7) is 17.2. The van der Waals surface area contributed by atoms with E-state index in [-0.39, 0.29) is 17.7 Å². The van der Waals surface area contributed by atoms with Gasteiger partial charge in [-0.2, -0.15) is 0 Å². The fraction of sp³-hybridized carbons (Fsp3) is 0.353. The van der Waals surface area contributed by atoms with E-state index >= 15 is 0 Å². The highest BCUT2D eigenvalue weighted by Crippen LogP contribution is 2.26. The van der Waals surface area contributed by atoms with E-state index in [0.717, 1.165) is 5.56 Å². The van der Waals surface area contributed by atoms with Crippen molar-refractivity contribution in [3.05, 3.63) is 95.1 Å². The third kappa shape index (κ3) is 12.3. The number of amides is 2. The predicted molar refractivity (Wildman–Crippen MR) is 175 cm³/mol. The summed E-state index contributed by atoms with van der Waals surface area (Å²) in [5.41, 5.74) is 1.81. The van der Waals surface area contributed by atoms with Crippen molar-refractivity contribution in [2.75, 3.05) is 26.2 Å². The Kier molecular flexibility index (Phi) is 14.5. The summed E-state index contributed by atoms with van der Waals surface area (Å²) in [5.74, 6) is 0.418. The number of hydrogen-bond donors (Lipinski definition) is 1. The summed E-state index contributed by atoms with van der Waals surface area (Å²) in [6.07, 6.45) is 12.0. The minimum Gasteiger partial charge on any atom is -0.492 e. The fourth-order valence-corrected chi connectivity index (χ4v) is 4.32. The number of carbonyl (C=O) groups excluding carboxylic acids is 2. The standard InChI is InChI=1S/C34H43ClN4O3/c1-7-8-9-11-26(2)12-19-32(40)39(20-10-21-42-31-18-13-27(23-36-5)22-30(31)35)25-34(3,4)24-38-33(41)28-14-16-29(37-6)17-15-28/h7-9,11-19,22,26H,5-6,10,20-21,23-25H2,1-4H3,(H,38,41)/b8-7-,11-9-,19-12+. The number of carbonyl (C=O) groups is 2. The van der Waals surface area contributed by atoms with Crippen LogP contribution in [0.2, 0.25) is 5.02 Å². The van der Waals surface area contributed by atoms with Gasteiger partial charge < -0.3 is 15.0 Å². The van der Waals surface area contributed by atoms with Crippen molar-refractivity contribution in [3.63, 3.8) is 0 Å². The van der Waals surface area contributed by atoms with Crippen LogP contribution in [0.5, 0.6) is 5.75 Å². The van der Waals surface area contributed by atoms with Crippen LogP contribution in [0, 0.1) is 11.3 Å². The maximum absolute atomic E-state index is 13.3. The lowest BCUT2D eigenvalue weighted by molar-refractivity contribution is -0.127. The number of benzene rings is 2. The SMILES string of the molecule is C=NCc1ccc(OCCCN(CC(C)(C)CNC(=O)c2ccc(N=C)cc2)C(=O)/C=C/C(C)/C=C\C=C/C)c(Cl)c1. The summed E-state index contributed by atoms with van der Waals surface area (Å²) >= 11 is 6.37. The number of ether oxygens (including phenoxy) is 1. The highest BCUT2D eigenvalue weighted by molar-refractivity contribution is 6.32. The van der Waals surface area contributed by atoms with Gasteiger partial charge in [0.2, 0.25) is 5.91 Å². The van der Waals surface area contributed by atoms with Gasteiger partial charge in [-0.05, 0) is 86.2 Å². The van der Waals surface area contributed by atoms with Crippen LogP contribution >= 0.6 is 11.6 Å². The molecule has 1 unspecified atom stereocenters. The van der Waals surface area contributed by atoms with Gasteiger partial charge in [0, 0.05) is 25.2 Å². The average molecular weight is 591 g/mol. The van der Waals surface area contributed by atoms with Gasteiger partial charge in [-0.1, -0.05) is 68.8 Å². The number of nitrogens with one attached hydrogen (secondary N) is 1. The molecule has 0 bridgehead atoms. The third-order valence-corrected chi connectivity index (χ3v) is 6.65. The monoisotopic (exact) mass is 590 g/mol. The predicted octanol–water partition coefficient (Wildman–Crippen LogP) is 7.25. The van der Waals surface area contributed by atoms with Crippen LogP contribution in [0.4, 0.5) is 5.69 Å². The molecule has 0 aliphatic rings. The largest absolute Gasteiger partial charge is 0.492 e. The molecular formula is C34H43ClN4O3.